The van der Waals surface area contributed by atoms with Gasteiger partial charge in [-0.1, -0.05) is 6.07 Å². The molecule has 5 nitrogen and oxygen atoms in total. The molecule has 0 aromatic heterocycles. The van der Waals surface area contributed by atoms with E-state index < -0.39 is 0 Å². The van der Waals surface area contributed by atoms with E-state index in [0.717, 1.165) is 5.75 Å². The van der Waals surface area contributed by atoms with Crippen molar-refractivity contribution in [2.24, 2.45) is 0 Å². The van der Waals surface area contributed by atoms with E-state index in [-0.39, 0.29) is 23.5 Å². The van der Waals surface area contributed by atoms with Crippen LogP contribution < -0.4 is 15.4 Å². The molecule has 1 aromatic rings. The van der Waals surface area contributed by atoms with E-state index in [1.54, 1.807) is 31.4 Å². The van der Waals surface area contributed by atoms with Crippen LogP contribution in [0.3, 0.4) is 0 Å². The second-order valence-corrected chi connectivity index (χ2v) is 5.45. The summed E-state index contributed by atoms with van der Waals surface area (Å²) in [5.74, 6) is 1.31. The van der Waals surface area contributed by atoms with Gasteiger partial charge in [-0.25, -0.2) is 0 Å². The molecule has 2 N–H and O–H groups in total. The standard InChI is InChI=1S/C13H16N2O3S/c1-18-10-4-2-3-9(7-10)15-12(16)8-11-13(17)14-5-6-19-11/h2-4,7,11H,5-6,8H2,1H3,(H,14,17)(H,15,16). The lowest BCUT2D eigenvalue weighted by molar-refractivity contribution is -0.123. The Hall–Kier alpha value is -1.69. The Labute approximate surface area is 116 Å². The van der Waals surface area contributed by atoms with Crippen LogP contribution in [0.25, 0.3) is 0 Å². The second-order valence-electron chi connectivity index (χ2n) is 4.13. The molecule has 1 aliphatic heterocycles. The average molecular weight is 280 g/mol. The van der Waals surface area contributed by atoms with Crippen LogP contribution in [0, 0.1) is 0 Å². The maximum atomic E-state index is 11.9. The predicted octanol–water partition coefficient (Wildman–Crippen LogP) is 1.26. The van der Waals surface area contributed by atoms with Crippen molar-refractivity contribution < 1.29 is 14.3 Å². The zero-order chi connectivity index (χ0) is 13.7. The van der Waals surface area contributed by atoms with Gasteiger partial charge in [0.1, 0.15) is 5.75 Å². The maximum absolute atomic E-state index is 11.9. The first-order valence-electron chi connectivity index (χ1n) is 6.02. The summed E-state index contributed by atoms with van der Waals surface area (Å²) in [6.45, 7) is 0.678. The monoisotopic (exact) mass is 280 g/mol. The quantitative estimate of drug-likeness (QED) is 0.871. The van der Waals surface area contributed by atoms with E-state index in [9.17, 15) is 9.59 Å². The largest absolute Gasteiger partial charge is 0.497 e. The Balaban J connectivity index is 1.91. The molecular weight excluding hydrogens is 264 g/mol. The normalized spacial score (nSPS) is 18.6. The lowest BCUT2D eigenvalue weighted by Crippen LogP contribution is -2.40. The van der Waals surface area contributed by atoms with Gasteiger partial charge in [0.05, 0.1) is 12.4 Å². The minimum absolute atomic E-state index is 0.0583. The van der Waals surface area contributed by atoms with Crippen molar-refractivity contribution in [2.75, 3.05) is 24.7 Å². The molecule has 1 unspecified atom stereocenters. The van der Waals surface area contributed by atoms with Gasteiger partial charge in [-0.15, -0.1) is 11.8 Å². The Kier molecular flexibility index (Phi) is 4.68. The van der Waals surface area contributed by atoms with Gasteiger partial charge in [0.2, 0.25) is 11.8 Å². The molecule has 6 heteroatoms. The first kappa shape index (κ1) is 13.7. The lowest BCUT2D eigenvalue weighted by atomic mass is 10.2. The molecule has 2 amide bonds. The van der Waals surface area contributed by atoms with E-state index in [1.807, 2.05) is 0 Å². The van der Waals surface area contributed by atoms with Crippen molar-refractivity contribution in [1.82, 2.24) is 5.32 Å². The zero-order valence-corrected chi connectivity index (χ0v) is 11.5. The Morgan fingerprint density at radius 1 is 1.58 bits per heavy atom. The number of nitrogens with one attached hydrogen (secondary N) is 2. The molecule has 0 aliphatic carbocycles. The van der Waals surface area contributed by atoms with Crippen LogP contribution in [-0.4, -0.2) is 36.5 Å². The molecule has 0 radical (unpaired) electrons. The highest BCUT2D eigenvalue weighted by Crippen LogP contribution is 2.20. The number of ether oxygens (including phenoxy) is 1. The molecule has 0 bridgehead atoms. The number of carbonyl (C=O) groups excluding carboxylic acids is 2. The van der Waals surface area contributed by atoms with E-state index in [2.05, 4.69) is 10.6 Å². The first-order valence-corrected chi connectivity index (χ1v) is 7.07. The van der Waals surface area contributed by atoms with Gasteiger partial charge in [0.25, 0.3) is 0 Å². The fourth-order valence-electron chi connectivity index (χ4n) is 1.80. The average Bonchev–Trinajstić information content (AvgIpc) is 2.41. The van der Waals surface area contributed by atoms with Gasteiger partial charge in [0, 0.05) is 30.5 Å². The highest BCUT2D eigenvalue weighted by Gasteiger charge is 2.25. The van der Waals surface area contributed by atoms with Crippen molar-refractivity contribution in [3.8, 4) is 5.75 Å². The van der Waals surface area contributed by atoms with Gasteiger partial charge in [-0.2, -0.15) is 0 Å². The van der Waals surface area contributed by atoms with Crippen LogP contribution >= 0.6 is 11.8 Å². The molecule has 1 aromatic carbocycles. The topological polar surface area (TPSA) is 67.4 Å². The molecule has 2 rings (SSSR count). The summed E-state index contributed by atoms with van der Waals surface area (Å²) >= 11 is 1.52. The van der Waals surface area contributed by atoms with Crippen LogP contribution in [0.1, 0.15) is 6.42 Å². The second kappa shape index (κ2) is 6.47. The fraction of sp³-hybridized carbons (Fsp3) is 0.385. The van der Waals surface area contributed by atoms with Crippen LogP contribution in [0.2, 0.25) is 0 Å². The van der Waals surface area contributed by atoms with Gasteiger partial charge >= 0.3 is 0 Å². The number of rotatable bonds is 4. The van der Waals surface area contributed by atoms with E-state index in [0.29, 0.717) is 18.0 Å². The summed E-state index contributed by atoms with van der Waals surface area (Å²) in [4.78, 5) is 23.4. The fourth-order valence-corrected chi connectivity index (χ4v) is 2.81. The molecule has 1 atom stereocenters. The lowest BCUT2D eigenvalue weighted by Gasteiger charge is -2.20. The Bertz CT molecular complexity index is 479. The van der Waals surface area contributed by atoms with Crippen LogP contribution in [0.15, 0.2) is 24.3 Å². The molecule has 0 spiro atoms. The van der Waals surface area contributed by atoms with Crippen LogP contribution in [0.4, 0.5) is 5.69 Å². The number of hydrogen-bond acceptors (Lipinski definition) is 4. The number of thioether (sulfide) groups is 1. The zero-order valence-electron chi connectivity index (χ0n) is 10.6. The number of hydrogen-bond donors (Lipinski definition) is 2. The van der Waals surface area contributed by atoms with E-state index in [1.165, 1.54) is 11.8 Å². The van der Waals surface area contributed by atoms with Crippen molar-refractivity contribution in [1.29, 1.82) is 0 Å². The number of amides is 2. The smallest absolute Gasteiger partial charge is 0.233 e. The summed E-state index contributed by atoms with van der Waals surface area (Å²) in [7, 11) is 1.57. The van der Waals surface area contributed by atoms with Crippen molar-refractivity contribution in [3.05, 3.63) is 24.3 Å². The number of carbonyl (C=O) groups is 2. The molecule has 1 aliphatic rings. The van der Waals surface area contributed by atoms with Crippen molar-refractivity contribution >= 4 is 29.3 Å². The molecule has 19 heavy (non-hydrogen) atoms. The van der Waals surface area contributed by atoms with Crippen molar-refractivity contribution in [2.45, 2.75) is 11.7 Å². The SMILES string of the molecule is COc1cccc(NC(=O)CC2SCCNC2=O)c1. The predicted molar refractivity (Wildman–Crippen MR) is 75.5 cm³/mol. The highest BCUT2D eigenvalue weighted by atomic mass is 32.2. The van der Waals surface area contributed by atoms with Gasteiger partial charge in [0.15, 0.2) is 0 Å². The molecule has 1 fully saturated rings. The van der Waals surface area contributed by atoms with Crippen molar-refractivity contribution in [3.63, 3.8) is 0 Å². The van der Waals surface area contributed by atoms with Crippen LogP contribution in [-0.2, 0) is 9.59 Å². The third kappa shape index (κ3) is 3.89. The van der Waals surface area contributed by atoms with Gasteiger partial charge in [-0.05, 0) is 12.1 Å². The first-order chi connectivity index (χ1) is 9.19. The molecular formula is C13H16N2O3S. The van der Waals surface area contributed by atoms with Gasteiger partial charge in [-0.3, -0.25) is 9.59 Å². The third-order valence-corrected chi connectivity index (χ3v) is 3.96. The summed E-state index contributed by atoms with van der Waals surface area (Å²) in [6, 6.07) is 7.14. The summed E-state index contributed by atoms with van der Waals surface area (Å²) in [5, 5.41) is 5.24. The van der Waals surface area contributed by atoms with E-state index in [4.69, 9.17) is 4.74 Å². The number of benzene rings is 1. The van der Waals surface area contributed by atoms with Crippen LogP contribution in [0.5, 0.6) is 5.75 Å². The molecule has 1 heterocycles. The summed E-state index contributed by atoms with van der Waals surface area (Å²) in [6.07, 6.45) is 0.188. The third-order valence-electron chi connectivity index (χ3n) is 2.74. The highest BCUT2D eigenvalue weighted by molar-refractivity contribution is 8.00. The maximum Gasteiger partial charge on any atom is 0.233 e. The molecule has 102 valence electrons. The number of methoxy groups -OCH3 is 1. The summed E-state index contributed by atoms with van der Waals surface area (Å²) in [5.41, 5.74) is 0.672. The summed E-state index contributed by atoms with van der Waals surface area (Å²) < 4.78 is 5.08. The van der Waals surface area contributed by atoms with E-state index >= 15 is 0 Å². The Morgan fingerprint density at radius 3 is 3.16 bits per heavy atom. The molecule has 0 saturated carbocycles. The molecule has 1 saturated heterocycles. The minimum Gasteiger partial charge on any atom is -0.497 e. The van der Waals surface area contributed by atoms with Gasteiger partial charge < -0.3 is 15.4 Å². The minimum atomic E-state index is -0.292. The Morgan fingerprint density at radius 2 is 2.42 bits per heavy atom. The number of anilines is 1.